The summed E-state index contributed by atoms with van der Waals surface area (Å²) in [6.45, 7) is 0.984. The van der Waals surface area contributed by atoms with E-state index in [1.54, 1.807) is 6.20 Å². The van der Waals surface area contributed by atoms with Gasteiger partial charge in [0.2, 0.25) is 0 Å². The summed E-state index contributed by atoms with van der Waals surface area (Å²) in [5.41, 5.74) is 5.90. The van der Waals surface area contributed by atoms with Gasteiger partial charge in [0, 0.05) is 36.4 Å². The minimum absolute atomic E-state index is 0.0509. The molecule has 4 aromatic rings. The van der Waals surface area contributed by atoms with E-state index in [9.17, 15) is 4.79 Å². The van der Waals surface area contributed by atoms with E-state index in [1.807, 2.05) is 65.6 Å². The van der Waals surface area contributed by atoms with E-state index >= 15 is 0 Å². The second-order valence-electron chi connectivity index (χ2n) is 6.96. The van der Waals surface area contributed by atoms with Crippen molar-refractivity contribution in [3.8, 4) is 22.4 Å². The maximum Gasteiger partial charge on any atom is 0.305 e. The molecular weight excluding hydrogens is 376 g/mol. The van der Waals surface area contributed by atoms with E-state index in [-0.39, 0.29) is 6.42 Å². The normalized spacial score (nSPS) is 10.7. The van der Waals surface area contributed by atoms with Gasteiger partial charge in [0.05, 0.1) is 18.7 Å². The molecule has 0 radical (unpaired) electrons. The summed E-state index contributed by atoms with van der Waals surface area (Å²) in [6, 6.07) is 22.2. The van der Waals surface area contributed by atoms with Crippen molar-refractivity contribution in [3.05, 3.63) is 90.9 Å². The van der Waals surface area contributed by atoms with Crippen LogP contribution in [0.25, 0.3) is 22.4 Å². The zero-order valence-corrected chi connectivity index (χ0v) is 16.4. The minimum atomic E-state index is -0.828. The van der Waals surface area contributed by atoms with E-state index in [4.69, 9.17) is 10.2 Å². The summed E-state index contributed by atoms with van der Waals surface area (Å²) in [5.74, 6) is -0.828. The smallest absolute Gasteiger partial charge is 0.305 e. The molecule has 150 valence electrons. The van der Waals surface area contributed by atoms with Gasteiger partial charge in [-0.2, -0.15) is 5.10 Å². The second kappa shape index (κ2) is 9.05. The number of hydrogen-bond acceptors (Lipinski definition) is 4. The molecule has 0 atom stereocenters. The molecule has 6 nitrogen and oxygen atoms in total. The number of aromatic nitrogens is 3. The SMILES string of the molecule is O=C(O)CCNc1ccc(-c2ccccc2)cc1-c1ccn(Cc2cccnc2)n1. The summed E-state index contributed by atoms with van der Waals surface area (Å²) in [6.07, 6.45) is 5.58. The number of nitrogens with one attached hydrogen (secondary N) is 1. The van der Waals surface area contributed by atoms with Crippen LogP contribution in [-0.4, -0.2) is 32.4 Å². The number of anilines is 1. The number of carboxylic acid groups (broad SMARTS) is 1. The molecule has 0 aliphatic heterocycles. The lowest BCUT2D eigenvalue weighted by molar-refractivity contribution is -0.136. The fraction of sp³-hybridized carbons (Fsp3) is 0.125. The van der Waals surface area contributed by atoms with Crippen molar-refractivity contribution in [1.29, 1.82) is 0 Å². The van der Waals surface area contributed by atoms with Gasteiger partial charge in [-0.1, -0.05) is 42.5 Å². The quantitative estimate of drug-likeness (QED) is 0.455. The third-order valence-electron chi connectivity index (χ3n) is 4.76. The molecule has 0 saturated heterocycles. The molecule has 30 heavy (non-hydrogen) atoms. The van der Waals surface area contributed by atoms with Crippen molar-refractivity contribution in [1.82, 2.24) is 14.8 Å². The van der Waals surface area contributed by atoms with Crippen LogP contribution >= 0.6 is 0 Å². The number of benzene rings is 2. The van der Waals surface area contributed by atoms with Crippen molar-refractivity contribution in [2.24, 2.45) is 0 Å². The molecule has 0 aliphatic carbocycles. The van der Waals surface area contributed by atoms with E-state index in [0.29, 0.717) is 13.1 Å². The van der Waals surface area contributed by atoms with Crippen LogP contribution in [0, 0.1) is 0 Å². The Morgan fingerprint density at radius 2 is 1.87 bits per heavy atom. The van der Waals surface area contributed by atoms with Crippen molar-refractivity contribution < 1.29 is 9.90 Å². The first-order chi connectivity index (χ1) is 14.7. The van der Waals surface area contributed by atoms with Crippen molar-refractivity contribution in [2.75, 3.05) is 11.9 Å². The standard InChI is InChI=1S/C24H22N4O2/c29-24(30)10-13-26-22-9-8-20(19-6-2-1-3-7-19)15-21(22)23-11-14-28(27-23)17-18-5-4-12-25-16-18/h1-9,11-12,14-16,26H,10,13,17H2,(H,29,30). The van der Waals surface area contributed by atoms with Crippen LogP contribution in [0.5, 0.6) is 0 Å². The van der Waals surface area contributed by atoms with Crippen molar-refractivity contribution >= 4 is 11.7 Å². The highest BCUT2D eigenvalue weighted by Crippen LogP contribution is 2.32. The lowest BCUT2D eigenvalue weighted by atomic mass is 10.00. The maximum atomic E-state index is 10.9. The highest BCUT2D eigenvalue weighted by atomic mass is 16.4. The van der Waals surface area contributed by atoms with Gasteiger partial charge in [0.1, 0.15) is 0 Å². The first kappa shape index (κ1) is 19.4. The number of nitrogens with zero attached hydrogens (tertiary/aromatic N) is 3. The third kappa shape index (κ3) is 4.72. The van der Waals surface area contributed by atoms with Gasteiger partial charge in [0.15, 0.2) is 0 Å². The van der Waals surface area contributed by atoms with Gasteiger partial charge in [-0.3, -0.25) is 14.5 Å². The van der Waals surface area contributed by atoms with Crippen molar-refractivity contribution in [2.45, 2.75) is 13.0 Å². The number of carbonyl (C=O) groups is 1. The van der Waals surface area contributed by atoms with Gasteiger partial charge in [0.25, 0.3) is 0 Å². The Morgan fingerprint density at radius 3 is 2.63 bits per heavy atom. The number of hydrogen-bond donors (Lipinski definition) is 2. The molecule has 0 unspecified atom stereocenters. The van der Waals surface area contributed by atoms with Gasteiger partial charge in [-0.25, -0.2) is 0 Å². The van der Waals surface area contributed by atoms with Crippen LogP contribution in [0.3, 0.4) is 0 Å². The molecule has 6 heteroatoms. The number of pyridine rings is 1. The van der Waals surface area contributed by atoms with Crippen LogP contribution in [0.2, 0.25) is 0 Å². The van der Waals surface area contributed by atoms with E-state index in [0.717, 1.165) is 33.6 Å². The van der Waals surface area contributed by atoms with Crippen LogP contribution in [0.1, 0.15) is 12.0 Å². The summed E-state index contributed by atoms with van der Waals surface area (Å²) in [4.78, 5) is 15.1. The molecular formula is C24H22N4O2. The predicted octanol–water partition coefficient (Wildman–Crippen LogP) is 4.55. The topological polar surface area (TPSA) is 80.0 Å². The van der Waals surface area contributed by atoms with Gasteiger partial charge in [-0.05, 0) is 41.0 Å². The lowest BCUT2D eigenvalue weighted by Gasteiger charge is -2.12. The molecule has 2 aromatic heterocycles. The van der Waals surface area contributed by atoms with Crippen LogP contribution in [-0.2, 0) is 11.3 Å². The highest BCUT2D eigenvalue weighted by Gasteiger charge is 2.11. The minimum Gasteiger partial charge on any atom is -0.481 e. The summed E-state index contributed by atoms with van der Waals surface area (Å²) in [5, 5.41) is 16.9. The number of carboxylic acids is 1. The van der Waals surface area contributed by atoms with E-state index in [1.165, 1.54) is 0 Å². The molecule has 2 heterocycles. The Labute approximate surface area is 174 Å². The fourth-order valence-corrected chi connectivity index (χ4v) is 3.30. The van der Waals surface area contributed by atoms with E-state index < -0.39 is 5.97 Å². The first-order valence-corrected chi connectivity index (χ1v) is 9.77. The van der Waals surface area contributed by atoms with Gasteiger partial charge >= 0.3 is 5.97 Å². The zero-order chi connectivity index (χ0) is 20.8. The Balaban J connectivity index is 1.66. The second-order valence-corrected chi connectivity index (χ2v) is 6.96. The summed E-state index contributed by atoms with van der Waals surface area (Å²) in [7, 11) is 0. The summed E-state index contributed by atoms with van der Waals surface area (Å²) < 4.78 is 1.88. The van der Waals surface area contributed by atoms with Crippen LogP contribution < -0.4 is 5.32 Å². The Morgan fingerprint density at radius 1 is 1.00 bits per heavy atom. The fourth-order valence-electron chi connectivity index (χ4n) is 3.30. The van der Waals surface area contributed by atoms with Crippen LogP contribution in [0.15, 0.2) is 85.3 Å². The van der Waals surface area contributed by atoms with Gasteiger partial charge in [-0.15, -0.1) is 0 Å². The average molecular weight is 398 g/mol. The number of aliphatic carboxylic acids is 1. The summed E-state index contributed by atoms with van der Waals surface area (Å²) >= 11 is 0. The molecule has 2 aromatic carbocycles. The van der Waals surface area contributed by atoms with E-state index in [2.05, 4.69) is 28.5 Å². The Hall–Kier alpha value is -3.93. The Bertz CT molecular complexity index is 1120. The third-order valence-corrected chi connectivity index (χ3v) is 4.76. The Kier molecular flexibility index (Phi) is 5.85. The molecule has 0 aliphatic rings. The maximum absolute atomic E-state index is 10.9. The zero-order valence-electron chi connectivity index (χ0n) is 16.4. The monoisotopic (exact) mass is 398 g/mol. The van der Waals surface area contributed by atoms with Crippen LogP contribution in [0.4, 0.5) is 5.69 Å². The largest absolute Gasteiger partial charge is 0.481 e. The molecule has 0 spiro atoms. The lowest BCUT2D eigenvalue weighted by Crippen LogP contribution is -2.08. The first-order valence-electron chi connectivity index (χ1n) is 9.77. The van der Waals surface area contributed by atoms with Crippen molar-refractivity contribution in [3.63, 3.8) is 0 Å². The highest BCUT2D eigenvalue weighted by molar-refractivity contribution is 5.81. The number of rotatable bonds is 8. The molecule has 0 bridgehead atoms. The molecule has 0 saturated carbocycles. The average Bonchev–Trinajstić information content (AvgIpc) is 3.23. The molecule has 2 N–H and O–H groups in total. The predicted molar refractivity (Wildman–Crippen MR) is 117 cm³/mol. The molecule has 0 fully saturated rings. The molecule has 0 amide bonds. The van der Waals surface area contributed by atoms with Gasteiger partial charge < -0.3 is 10.4 Å². The molecule has 4 rings (SSSR count).